The van der Waals surface area contributed by atoms with Gasteiger partial charge < -0.3 is 19.3 Å². The molecule has 0 aliphatic carbocycles. The lowest BCUT2D eigenvalue weighted by molar-refractivity contribution is 0.104. The van der Waals surface area contributed by atoms with Crippen molar-refractivity contribution < 1.29 is 24.1 Å². The van der Waals surface area contributed by atoms with Gasteiger partial charge in [-0.25, -0.2) is 0 Å². The molecule has 0 bridgehead atoms. The third-order valence-corrected chi connectivity index (χ3v) is 5.03. The van der Waals surface area contributed by atoms with Gasteiger partial charge in [0.1, 0.15) is 12.4 Å². The van der Waals surface area contributed by atoms with Crippen molar-refractivity contribution in [2.75, 3.05) is 14.2 Å². The molecule has 0 fully saturated rings. The van der Waals surface area contributed by atoms with E-state index in [0.29, 0.717) is 29.4 Å². The van der Waals surface area contributed by atoms with Crippen LogP contribution in [0.3, 0.4) is 0 Å². The minimum absolute atomic E-state index is 0.0450. The highest BCUT2D eigenvalue weighted by Gasteiger charge is 2.14. The summed E-state index contributed by atoms with van der Waals surface area (Å²) >= 11 is 2.08. The van der Waals surface area contributed by atoms with Crippen LogP contribution in [0.15, 0.2) is 66.7 Å². The molecule has 154 valence electrons. The number of benzene rings is 3. The zero-order valence-corrected chi connectivity index (χ0v) is 18.8. The number of halogens is 1. The van der Waals surface area contributed by atoms with Crippen LogP contribution in [0.4, 0.5) is 0 Å². The summed E-state index contributed by atoms with van der Waals surface area (Å²) in [5.41, 5.74) is 1.97. The first-order valence-corrected chi connectivity index (χ1v) is 10.2. The van der Waals surface area contributed by atoms with E-state index in [4.69, 9.17) is 14.2 Å². The maximum absolute atomic E-state index is 12.4. The first-order chi connectivity index (χ1) is 14.5. The van der Waals surface area contributed by atoms with Gasteiger partial charge in [-0.1, -0.05) is 36.4 Å². The quantitative estimate of drug-likeness (QED) is 0.244. The van der Waals surface area contributed by atoms with Gasteiger partial charge >= 0.3 is 0 Å². The number of hydrogen-bond donors (Lipinski definition) is 1. The lowest BCUT2D eigenvalue weighted by atomic mass is 10.1. The molecule has 0 aromatic heterocycles. The molecule has 0 radical (unpaired) electrons. The van der Waals surface area contributed by atoms with Crippen LogP contribution in [-0.4, -0.2) is 25.1 Å². The molecule has 3 aromatic rings. The summed E-state index contributed by atoms with van der Waals surface area (Å²) in [6.07, 6.45) is 3.05. The molecule has 5 nitrogen and oxygen atoms in total. The summed E-state index contributed by atoms with van der Waals surface area (Å²) in [4.78, 5) is 12.4. The van der Waals surface area contributed by atoms with E-state index in [0.717, 1.165) is 9.13 Å². The van der Waals surface area contributed by atoms with Crippen LogP contribution >= 0.6 is 22.6 Å². The predicted octanol–water partition coefficient (Wildman–Crippen LogP) is 5.49. The van der Waals surface area contributed by atoms with Gasteiger partial charge in [0.05, 0.1) is 19.8 Å². The fourth-order valence-electron chi connectivity index (χ4n) is 2.84. The third-order valence-electron chi connectivity index (χ3n) is 4.36. The fraction of sp³-hybridized carbons (Fsp3) is 0.125. The molecule has 0 saturated heterocycles. The van der Waals surface area contributed by atoms with E-state index in [1.165, 1.54) is 6.08 Å². The van der Waals surface area contributed by atoms with Crippen molar-refractivity contribution in [3.05, 3.63) is 87.0 Å². The van der Waals surface area contributed by atoms with Crippen LogP contribution in [0, 0.1) is 3.57 Å². The van der Waals surface area contributed by atoms with E-state index in [2.05, 4.69) is 22.6 Å². The van der Waals surface area contributed by atoms with Gasteiger partial charge in [-0.15, -0.1) is 0 Å². The highest BCUT2D eigenvalue weighted by Crippen LogP contribution is 2.39. The fourth-order valence-corrected chi connectivity index (χ4v) is 3.32. The molecule has 3 rings (SSSR count). The van der Waals surface area contributed by atoms with Gasteiger partial charge in [0, 0.05) is 3.57 Å². The first kappa shape index (κ1) is 21.7. The Morgan fingerprint density at radius 1 is 1.00 bits per heavy atom. The SMILES string of the molecule is COc1cc(C=CC(=O)c2ccc(I)cc2O)cc(OC)c1OCc1ccccc1. The largest absolute Gasteiger partial charge is 0.507 e. The van der Waals surface area contributed by atoms with E-state index in [1.54, 1.807) is 50.6 Å². The maximum atomic E-state index is 12.4. The number of ether oxygens (including phenoxy) is 3. The molecule has 6 heteroatoms. The number of rotatable bonds is 8. The number of hydrogen-bond acceptors (Lipinski definition) is 5. The molecule has 0 atom stereocenters. The number of ketones is 1. The van der Waals surface area contributed by atoms with Crippen LogP contribution in [0.1, 0.15) is 21.5 Å². The average molecular weight is 516 g/mol. The van der Waals surface area contributed by atoms with Crippen LogP contribution in [0.2, 0.25) is 0 Å². The van der Waals surface area contributed by atoms with E-state index >= 15 is 0 Å². The zero-order chi connectivity index (χ0) is 21.5. The average Bonchev–Trinajstić information content (AvgIpc) is 2.76. The number of methoxy groups -OCH3 is 2. The number of aromatic hydroxyl groups is 1. The predicted molar refractivity (Wildman–Crippen MR) is 125 cm³/mol. The lowest BCUT2D eigenvalue weighted by Crippen LogP contribution is -2.00. The van der Waals surface area contributed by atoms with Gasteiger partial charge in [0.2, 0.25) is 5.75 Å². The molecule has 3 aromatic carbocycles. The number of phenols is 1. The molecular formula is C24H21IO5. The highest BCUT2D eigenvalue weighted by atomic mass is 127. The van der Waals surface area contributed by atoms with E-state index in [9.17, 15) is 9.90 Å². The lowest BCUT2D eigenvalue weighted by Gasteiger charge is -2.15. The van der Waals surface area contributed by atoms with Gasteiger partial charge in [0.25, 0.3) is 0 Å². The van der Waals surface area contributed by atoms with Crippen molar-refractivity contribution in [1.82, 2.24) is 0 Å². The molecule has 0 aliphatic rings. The monoisotopic (exact) mass is 516 g/mol. The van der Waals surface area contributed by atoms with Crippen LogP contribution < -0.4 is 14.2 Å². The van der Waals surface area contributed by atoms with Crippen molar-refractivity contribution in [2.45, 2.75) is 6.61 Å². The van der Waals surface area contributed by atoms with E-state index in [-0.39, 0.29) is 17.1 Å². The Morgan fingerprint density at radius 2 is 1.67 bits per heavy atom. The second kappa shape index (κ2) is 10.2. The normalized spacial score (nSPS) is 10.8. The van der Waals surface area contributed by atoms with Gasteiger partial charge in [0.15, 0.2) is 17.3 Å². The number of carbonyl (C=O) groups is 1. The Morgan fingerprint density at radius 3 is 2.27 bits per heavy atom. The second-order valence-corrected chi connectivity index (χ2v) is 7.63. The molecule has 30 heavy (non-hydrogen) atoms. The van der Waals surface area contributed by atoms with Crippen molar-refractivity contribution in [1.29, 1.82) is 0 Å². The standard InChI is InChI=1S/C24H21IO5/c1-28-22-12-17(8-11-20(26)19-10-9-18(25)14-21(19)27)13-23(29-2)24(22)30-15-16-6-4-3-5-7-16/h3-14,27H,15H2,1-2H3. The van der Waals surface area contributed by atoms with Gasteiger partial charge in [-0.05, 0) is 70.1 Å². The molecule has 0 heterocycles. The van der Waals surface area contributed by atoms with E-state index < -0.39 is 0 Å². The third kappa shape index (κ3) is 5.33. The molecule has 0 spiro atoms. The van der Waals surface area contributed by atoms with Crippen molar-refractivity contribution >= 4 is 34.5 Å². The summed E-state index contributed by atoms with van der Waals surface area (Å²) in [7, 11) is 3.10. The summed E-state index contributed by atoms with van der Waals surface area (Å²) in [6.45, 7) is 0.368. The highest BCUT2D eigenvalue weighted by molar-refractivity contribution is 14.1. The number of carbonyl (C=O) groups excluding carboxylic acids is 1. The smallest absolute Gasteiger partial charge is 0.203 e. The van der Waals surface area contributed by atoms with Crippen molar-refractivity contribution in [2.24, 2.45) is 0 Å². The Bertz CT molecular complexity index is 1040. The van der Waals surface area contributed by atoms with Gasteiger partial charge in [-0.3, -0.25) is 4.79 Å². The molecule has 0 saturated carbocycles. The first-order valence-electron chi connectivity index (χ1n) is 9.15. The van der Waals surface area contributed by atoms with Crippen molar-refractivity contribution in [3.8, 4) is 23.0 Å². The Labute approximate surface area is 189 Å². The van der Waals surface area contributed by atoms with Crippen LogP contribution in [0.25, 0.3) is 6.08 Å². The Hall–Kier alpha value is -3.00. The molecule has 0 unspecified atom stereocenters. The molecule has 1 N–H and O–H groups in total. The summed E-state index contributed by atoms with van der Waals surface area (Å²) < 4.78 is 17.7. The Kier molecular flexibility index (Phi) is 7.35. The summed E-state index contributed by atoms with van der Waals surface area (Å²) in [6, 6.07) is 18.2. The minimum Gasteiger partial charge on any atom is -0.507 e. The molecule has 0 aliphatic heterocycles. The second-order valence-electron chi connectivity index (χ2n) is 6.39. The van der Waals surface area contributed by atoms with E-state index in [1.807, 2.05) is 30.3 Å². The number of allylic oxidation sites excluding steroid dienone is 1. The number of phenolic OH excluding ortho intramolecular Hbond substituents is 1. The minimum atomic E-state index is -0.300. The van der Waals surface area contributed by atoms with Crippen molar-refractivity contribution in [3.63, 3.8) is 0 Å². The summed E-state index contributed by atoms with van der Waals surface area (Å²) in [5, 5.41) is 10.00. The van der Waals surface area contributed by atoms with Crippen LogP contribution in [0.5, 0.6) is 23.0 Å². The Balaban J connectivity index is 1.83. The van der Waals surface area contributed by atoms with Gasteiger partial charge in [-0.2, -0.15) is 0 Å². The molecular weight excluding hydrogens is 495 g/mol. The zero-order valence-electron chi connectivity index (χ0n) is 16.6. The summed E-state index contributed by atoms with van der Waals surface area (Å²) in [5.74, 6) is 1.13. The van der Waals surface area contributed by atoms with Crippen LogP contribution in [-0.2, 0) is 6.61 Å². The molecule has 0 amide bonds. The maximum Gasteiger partial charge on any atom is 0.203 e. The topological polar surface area (TPSA) is 65.0 Å².